The Bertz CT molecular complexity index is 601. The molecule has 1 N–H and O–H groups in total. The van der Waals surface area contributed by atoms with Gasteiger partial charge in [0.05, 0.1) is 5.25 Å². The molecule has 2 nitrogen and oxygen atoms in total. The smallest absolute Gasteiger partial charge is 0.237 e. The van der Waals surface area contributed by atoms with Crippen molar-refractivity contribution >= 4 is 45.9 Å². The summed E-state index contributed by atoms with van der Waals surface area (Å²) in [6, 6.07) is 16.0. The van der Waals surface area contributed by atoms with Gasteiger partial charge in [0.25, 0.3) is 0 Å². The van der Waals surface area contributed by atoms with Crippen LogP contribution in [0.15, 0.2) is 53.4 Å². The average molecular weight is 397 g/mol. The van der Waals surface area contributed by atoms with Crippen molar-refractivity contribution in [2.45, 2.75) is 24.0 Å². The van der Waals surface area contributed by atoms with E-state index in [2.05, 4.69) is 34.0 Å². The number of benzene rings is 2. The highest BCUT2D eigenvalue weighted by Crippen LogP contribution is 2.24. The van der Waals surface area contributed by atoms with Crippen molar-refractivity contribution in [2.75, 3.05) is 5.32 Å². The van der Waals surface area contributed by atoms with Gasteiger partial charge >= 0.3 is 0 Å². The molecule has 0 saturated heterocycles. The van der Waals surface area contributed by atoms with Gasteiger partial charge in [0.2, 0.25) is 5.91 Å². The van der Waals surface area contributed by atoms with Gasteiger partial charge in [0.15, 0.2) is 0 Å². The third-order valence-corrected chi connectivity index (χ3v) is 4.65. The molecular formula is C16H16INOS. The van der Waals surface area contributed by atoms with Crippen LogP contribution in [-0.2, 0) is 4.79 Å². The lowest BCUT2D eigenvalue weighted by molar-refractivity contribution is -0.115. The molecule has 0 heterocycles. The predicted molar refractivity (Wildman–Crippen MR) is 94.3 cm³/mol. The molecule has 2 aromatic rings. The molecular weight excluding hydrogens is 381 g/mol. The van der Waals surface area contributed by atoms with Gasteiger partial charge in [-0.05, 0) is 72.3 Å². The molecule has 1 atom stereocenters. The molecule has 2 rings (SSSR count). The van der Waals surface area contributed by atoms with Crippen molar-refractivity contribution in [3.63, 3.8) is 0 Å². The van der Waals surface area contributed by atoms with Crippen LogP contribution in [0, 0.1) is 10.5 Å². The highest BCUT2D eigenvalue weighted by molar-refractivity contribution is 14.1. The van der Waals surface area contributed by atoms with Crippen molar-refractivity contribution < 1.29 is 4.79 Å². The monoisotopic (exact) mass is 397 g/mol. The minimum Gasteiger partial charge on any atom is -0.325 e. The van der Waals surface area contributed by atoms with Crippen molar-refractivity contribution in [3.8, 4) is 0 Å². The number of hydrogen-bond acceptors (Lipinski definition) is 2. The summed E-state index contributed by atoms with van der Waals surface area (Å²) in [4.78, 5) is 13.3. The normalized spacial score (nSPS) is 11.9. The Labute approximate surface area is 137 Å². The number of aryl methyl sites for hydroxylation is 1. The first kappa shape index (κ1) is 15.4. The first-order valence-corrected chi connectivity index (χ1v) is 8.31. The average Bonchev–Trinajstić information content (AvgIpc) is 2.43. The zero-order valence-electron chi connectivity index (χ0n) is 11.4. The summed E-state index contributed by atoms with van der Waals surface area (Å²) in [5.41, 5.74) is 1.97. The van der Waals surface area contributed by atoms with Crippen molar-refractivity contribution in [3.05, 3.63) is 57.7 Å². The van der Waals surface area contributed by atoms with Crippen molar-refractivity contribution in [1.82, 2.24) is 0 Å². The van der Waals surface area contributed by atoms with Crippen molar-refractivity contribution in [2.24, 2.45) is 0 Å². The number of halogens is 1. The molecule has 0 spiro atoms. The number of rotatable bonds is 4. The molecule has 0 aliphatic rings. The molecule has 0 aliphatic heterocycles. The van der Waals surface area contributed by atoms with E-state index in [1.165, 1.54) is 3.57 Å². The fraction of sp³-hybridized carbons (Fsp3) is 0.188. The second-order valence-corrected chi connectivity index (χ2v) is 7.18. The molecule has 1 amide bonds. The number of anilines is 1. The lowest BCUT2D eigenvalue weighted by atomic mass is 10.2. The van der Waals surface area contributed by atoms with E-state index >= 15 is 0 Å². The van der Waals surface area contributed by atoms with Gasteiger partial charge in [-0.15, -0.1) is 11.8 Å². The molecule has 2 aromatic carbocycles. The second kappa shape index (κ2) is 7.13. The van der Waals surface area contributed by atoms with Crippen LogP contribution in [0.5, 0.6) is 0 Å². The van der Waals surface area contributed by atoms with Crippen molar-refractivity contribution in [1.29, 1.82) is 0 Å². The highest BCUT2D eigenvalue weighted by Gasteiger charge is 2.15. The Morgan fingerprint density at radius 1 is 1.20 bits per heavy atom. The number of nitrogens with one attached hydrogen (secondary N) is 1. The fourth-order valence-corrected chi connectivity index (χ4v) is 3.29. The summed E-state index contributed by atoms with van der Waals surface area (Å²) in [7, 11) is 0. The summed E-state index contributed by atoms with van der Waals surface area (Å²) in [5.74, 6) is 0.0307. The lowest BCUT2D eigenvalue weighted by Crippen LogP contribution is -2.22. The summed E-state index contributed by atoms with van der Waals surface area (Å²) in [6.45, 7) is 3.93. The summed E-state index contributed by atoms with van der Waals surface area (Å²) in [5, 5.41) is 2.87. The number of carbonyl (C=O) groups excluding carboxylic acids is 1. The van der Waals surface area contributed by atoms with Crippen LogP contribution in [0.4, 0.5) is 5.69 Å². The zero-order chi connectivity index (χ0) is 14.5. The van der Waals surface area contributed by atoms with Crippen LogP contribution >= 0.6 is 34.4 Å². The molecule has 0 aliphatic carbocycles. The maximum Gasteiger partial charge on any atom is 0.237 e. The van der Waals surface area contributed by atoms with E-state index in [1.54, 1.807) is 11.8 Å². The van der Waals surface area contributed by atoms with Crippen LogP contribution in [0.1, 0.15) is 12.5 Å². The maximum absolute atomic E-state index is 12.2. The third-order valence-electron chi connectivity index (χ3n) is 2.87. The van der Waals surface area contributed by atoms with Gasteiger partial charge in [0.1, 0.15) is 0 Å². The first-order valence-electron chi connectivity index (χ1n) is 6.35. The van der Waals surface area contributed by atoms with E-state index in [9.17, 15) is 4.79 Å². The lowest BCUT2D eigenvalue weighted by Gasteiger charge is -2.13. The van der Waals surface area contributed by atoms with Gasteiger partial charge in [-0.1, -0.05) is 18.2 Å². The van der Waals surface area contributed by atoms with E-state index in [0.29, 0.717) is 0 Å². The molecule has 0 radical (unpaired) electrons. The SMILES string of the molecule is Cc1cc(I)ccc1NC(=O)[C@H](C)Sc1ccccc1. The van der Waals surface area contributed by atoms with Gasteiger partial charge in [0, 0.05) is 14.2 Å². The molecule has 104 valence electrons. The summed E-state index contributed by atoms with van der Waals surface area (Å²) in [6.07, 6.45) is 0. The fourth-order valence-electron chi connectivity index (χ4n) is 1.76. The summed E-state index contributed by atoms with van der Waals surface area (Å²) >= 11 is 3.83. The number of thioether (sulfide) groups is 1. The molecule has 0 aromatic heterocycles. The molecule has 0 bridgehead atoms. The topological polar surface area (TPSA) is 29.1 Å². The maximum atomic E-state index is 12.2. The van der Waals surface area contributed by atoms with Gasteiger partial charge in [-0.2, -0.15) is 0 Å². The number of carbonyl (C=O) groups is 1. The Morgan fingerprint density at radius 2 is 1.90 bits per heavy atom. The van der Waals surface area contributed by atoms with Crippen LogP contribution in [0.2, 0.25) is 0 Å². The van der Waals surface area contributed by atoms with E-state index in [4.69, 9.17) is 0 Å². The van der Waals surface area contributed by atoms with Gasteiger partial charge in [-0.25, -0.2) is 0 Å². The molecule has 0 unspecified atom stereocenters. The van der Waals surface area contributed by atoms with Crippen LogP contribution in [-0.4, -0.2) is 11.2 Å². The number of amides is 1. The van der Waals surface area contributed by atoms with E-state index in [0.717, 1.165) is 16.1 Å². The largest absolute Gasteiger partial charge is 0.325 e. The molecule has 0 fully saturated rings. The van der Waals surface area contributed by atoms with E-state index < -0.39 is 0 Å². The molecule has 20 heavy (non-hydrogen) atoms. The third kappa shape index (κ3) is 4.24. The Kier molecular flexibility index (Phi) is 5.48. The van der Waals surface area contributed by atoms with Gasteiger partial charge < -0.3 is 5.32 Å². The quantitative estimate of drug-likeness (QED) is 0.598. The highest BCUT2D eigenvalue weighted by atomic mass is 127. The minimum absolute atomic E-state index is 0.0307. The Morgan fingerprint density at radius 3 is 2.55 bits per heavy atom. The Hall–Kier alpha value is -1.01. The zero-order valence-corrected chi connectivity index (χ0v) is 14.4. The number of hydrogen-bond donors (Lipinski definition) is 1. The van der Waals surface area contributed by atoms with Gasteiger partial charge in [-0.3, -0.25) is 4.79 Å². The van der Waals surface area contributed by atoms with E-state index in [1.807, 2.05) is 56.3 Å². The Balaban J connectivity index is 2.01. The standard InChI is InChI=1S/C16H16INOS/c1-11-10-13(17)8-9-15(11)18-16(19)12(2)20-14-6-4-3-5-7-14/h3-10,12H,1-2H3,(H,18,19)/t12-/m0/s1. The van der Waals surface area contributed by atoms with E-state index in [-0.39, 0.29) is 11.2 Å². The molecule has 4 heteroatoms. The predicted octanol–water partition coefficient (Wildman–Crippen LogP) is 4.72. The van der Waals surface area contributed by atoms with Crippen LogP contribution < -0.4 is 5.32 Å². The second-order valence-electron chi connectivity index (χ2n) is 4.52. The minimum atomic E-state index is -0.129. The van der Waals surface area contributed by atoms with Crippen LogP contribution in [0.25, 0.3) is 0 Å². The summed E-state index contributed by atoms with van der Waals surface area (Å²) < 4.78 is 1.17. The molecule has 0 saturated carbocycles. The van der Waals surface area contributed by atoms with Crippen LogP contribution in [0.3, 0.4) is 0 Å². The first-order chi connectivity index (χ1) is 9.56.